The highest BCUT2D eigenvalue weighted by atomic mass is 19.1. The molecule has 0 saturated heterocycles. The summed E-state index contributed by atoms with van der Waals surface area (Å²) in [5.74, 6) is -0.235. The van der Waals surface area contributed by atoms with Gasteiger partial charge in [0.05, 0.1) is 5.52 Å². The number of carbonyl (C=O) groups is 1. The smallest absolute Gasteiger partial charge is 0.222 e. The third-order valence-corrected chi connectivity index (χ3v) is 5.37. The van der Waals surface area contributed by atoms with Crippen molar-refractivity contribution in [3.63, 3.8) is 0 Å². The van der Waals surface area contributed by atoms with Gasteiger partial charge in [-0.3, -0.25) is 4.79 Å². The van der Waals surface area contributed by atoms with Crippen molar-refractivity contribution in [3.05, 3.63) is 76.9 Å². The molecule has 0 saturated carbocycles. The largest absolute Gasteiger partial charge is 0.341 e. The van der Waals surface area contributed by atoms with Crippen LogP contribution in [0.25, 0.3) is 16.6 Å². The van der Waals surface area contributed by atoms with E-state index in [2.05, 4.69) is 5.10 Å². The lowest BCUT2D eigenvalue weighted by molar-refractivity contribution is -0.130. The molecule has 0 fully saturated rings. The first-order chi connectivity index (χ1) is 13.9. The fourth-order valence-corrected chi connectivity index (χ4v) is 3.71. The molecule has 0 aliphatic heterocycles. The Kier molecular flexibility index (Phi) is 5.01. The summed E-state index contributed by atoms with van der Waals surface area (Å²) in [7, 11) is 1.77. The number of hydrogen-bond acceptors (Lipinski definition) is 3. The second-order valence-electron chi connectivity index (χ2n) is 7.39. The monoisotopic (exact) mass is 390 g/mol. The molecule has 0 N–H and O–H groups in total. The predicted octanol–water partition coefficient (Wildman–Crippen LogP) is 4.23. The minimum atomic E-state index is -0.275. The summed E-state index contributed by atoms with van der Waals surface area (Å²) < 4.78 is 14.9. The molecule has 2 heterocycles. The molecule has 0 aliphatic rings. The van der Waals surface area contributed by atoms with Crippen LogP contribution in [-0.2, 0) is 17.8 Å². The first kappa shape index (κ1) is 19.1. The molecule has 1 amide bonds. The summed E-state index contributed by atoms with van der Waals surface area (Å²) in [6.07, 6.45) is 0.983. The molecule has 0 spiro atoms. The van der Waals surface area contributed by atoms with Crippen LogP contribution >= 0.6 is 0 Å². The van der Waals surface area contributed by atoms with Crippen LogP contribution in [0.1, 0.15) is 28.9 Å². The van der Waals surface area contributed by atoms with Gasteiger partial charge in [0.1, 0.15) is 5.82 Å². The Bertz CT molecular complexity index is 1200. The van der Waals surface area contributed by atoms with Crippen molar-refractivity contribution < 1.29 is 9.18 Å². The van der Waals surface area contributed by atoms with Crippen molar-refractivity contribution in [2.75, 3.05) is 7.05 Å². The fraction of sp³-hybridized carbons (Fsp3) is 0.261. The van der Waals surface area contributed by atoms with Gasteiger partial charge in [-0.1, -0.05) is 24.3 Å². The number of aryl methyl sites for hydroxylation is 2. The Morgan fingerprint density at radius 3 is 2.59 bits per heavy atom. The van der Waals surface area contributed by atoms with Gasteiger partial charge in [-0.15, -0.1) is 0 Å². The molecular formula is C23H23FN4O. The zero-order chi connectivity index (χ0) is 20.5. The van der Waals surface area contributed by atoms with Crippen LogP contribution in [0.15, 0.2) is 48.5 Å². The minimum Gasteiger partial charge on any atom is -0.341 e. The quantitative estimate of drug-likeness (QED) is 0.512. The SMILES string of the molecule is Cc1nc2c3ccccc3nn2c(C)c1CCC(=O)N(C)Cc1ccc(F)cc1. The molecule has 148 valence electrons. The first-order valence-electron chi connectivity index (χ1n) is 9.66. The lowest BCUT2D eigenvalue weighted by Gasteiger charge is -2.18. The summed E-state index contributed by atoms with van der Waals surface area (Å²) in [6, 6.07) is 14.2. The number of halogens is 1. The Morgan fingerprint density at radius 2 is 1.83 bits per heavy atom. The standard InChI is InChI=1S/C23H23FN4O/c1-15-19(12-13-22(29)27(3)14-17-8-10-18(24)11-9-17)16(2)28-23(25-15)20-6-4-5-7-21(20)26-28/h4-11H,12-14H2,1-3H3. The average molecular weight is 390 g/mol. The van der Waals surface area contributed by atoms with Gasteiger partial charge in [-0.25, -0.2) is 13.9 Å². The molecule has 0 atom stereocenters. The van der Waals surface area contributed by atoms with E-state index >= 15 is 0 Å². The topological polar surface area (TPSA) is 50.5 Å². The van der Waals surface area contributed by atoms with E-state index in [-0.39, 0.29) is 11.7 Å². The maximum atomic E-state index is 13.1. The average Bonchev–Trinajstić information content (AvgIpc) is 3.08. The Hall–Kier alpha value is -3.28. The molecule has 4 rings (SSSR count). The normalized spacial score (nSPS) is 11.3. The van der Waals surface area contributed by atoms with Crippen LogP contribution in [0.5, 0.6) is 0 Å². The van der Waals surface area contributed by atoms with E-state index in [1.807, 2.05) is 42.6 Å². The highest BCUT2D eigenvalue weighted by Gasteiger charge is 2.16. The molecule has 5 nitrogen and oxygen atoms in total. The molecule has 6 heteroatoms. The van der Waals surface area contributed by atoms with E-state index in [4.69, 9.17) is 4.98 Å². The van der Waals surface area contributed by atoms with E-state index in [9.17, 15) is 9.18 Å². The van der Waals surface area contributed by atoms with Gasteiger partial charge in [0.2, 0.25) is 5.91 Å². The van der Waals surface area contributed by atoms with Gasteiger partial charge in [0, 0.05) is 36.8 Å². The number of rotatable bonds is 5. The highest BCUT2D eigenvalue weighted by Crippen LogP contribution is 2.23. The van der Waals surface area contributed by atoms with Gasteiger partial charge >= 0.3 is 0 Å². The molecule has 0 aliphatic carbocycles. The lowest BCUT2D eigenvalue weighted by atomic mass is 10.1. The zero-order valence-corrected chi connectivity index (χ0v) is 16.8. The van der Waals surface area contributed by atoms with Crippen molar-refractivity contribution in [1.29, 1.82) is 0 Å². The Labute approximate surface area is 168 Å². The molecule has 29 heavy (non-hydrogen) atoms. The molecular weight excluding hydrogens is 367 g/mol. The molecule has 0 radical (unpaired) electrons. The number of carbonyl (C=O) groups excluding carboxylic acids is 1. The van der Waals surface area contributed by atoms with Crippen LogP contribution in [0.4, 0.5) is 4.39 Å². The van der Waals surface area contributed by atoms with Crippen molar-refractivity contribution in [1.82, 2.24) is 19.5 Å². The maximum absolute atomic E-state index is 13.1. The maximum Gasteiger partial charge on any atom is 0.222 e. The van der Waals surface area contributed by atoms with E-state index in [1.54, 1.807) is 24.1 Å². The third kappa shape index (κ3) is 3.70. The van der Waals surface area contributed by atoms with Crippen LogP contribution < -0.4 is 0 Å². The van der Waals surface area contributed by atoms with Gasteiger partial charge < -0.3 is 4.90 Å². The number of hydrogen-bond donors (Lipinski definition) is 0. The van der Waals surface area contributed by atoms with Crippen LogP contribution in [0.3, 0.4) is 0 Å². The van der Waals surface area contributed by atoms with Gasteiger partial charge in [-0.2, -0.15) is 5.10 Å². The second-order valence-corrected chi connectivity index (χ2v) is 7.39. The number of fused-ring (bicyclic) bond motifs is 3. The summed E-state index contributed by atoms with van der Waals surface area (Å²) >= 11 is 0. The summed E-state index contributed by atoms with van der Waals surface area (Å²) in [6.45, 7) is 4.46. The Morgan fingerprint density at radius 1 is 1.10 bits per heavy atom. The predicted molar refractivity (Wildman–Crippen MR) is 111 cm³/mol. The zero-order valence-electron chi connectivity index (χ0n) is 16.8. The molecule has 0 bridgehead atoms. The molecule has 2 aromatic heterocycles. The summed E-state index contributed by atoms with van der Waals surface area (Å²) in [5, 5.41) is 5.70. The summed E-state index contributed by atoms with van der Waals surface area (Å²) in [4.78, 5) is 19.1. The van der Waals surface area contributed by atoms with Crippen LogP contribution in [0, 0.1) is 19.7 Å². The number of benzene rings is 2. The first-order valence-corrected chi connectivity index (χ1v) is 9.66. The van der Waals surface area contributed by atoms with Gasteiger partial charge in [-0.05, 0) is 55.7 Å². The summed E-state index contributed by atoms with van der Waals surface area (Å²) in [5.41, 5.74) is 5.65. The molecule has 2 aromatic carbocycles. The number of aromatic nitrogens is 3. The van der Waals surface area contributed by atoms with Gasteiger partial charge in [0.15, 0.2) is 5.65 Å². The minimum absolute atomic E-state index is 0.0406. The van der Waals surface area contributed by atoms with Crippen molar-refractivity contribution >= 4 is 22.5 Å². The van der Waals surface area contributed by atoms with Crippen LogP contribution in [-0.4, -0.2) is 32.5 Å². The fourth-order valence-electron chi connectivity index (χ4n) is 3.71. The highest BCUT2D eigenvalue weighted by molar-refractivity contribution is 5.92. The Balaban J connectivity index is 1.52. The molecule has 0 unspecified atom stereocenters. The lowest BCUT2D eigenvalue weighted by Crippen LogP contribution is -2.26. The van der Waals surface area contributed by atoms with E-state index < -0.39 is 0 Å². The van der Waals surface area contributed by atoms with E-state index in [1.165, 1.54) is 12.1 Å². The van der Waals surface area contributed by atoms with Crippen molar-refractivity contribution in [2.24, 2.45) is 0 Å². The van der Waals surface area contributed by atoms with E-state index in [0.29, 0.717) is 19.4 Å². The van der Waals surface area contributed by atoms with E-state index in [0.717, 1.165) is 39.1 Å². The molecule has 4 aromatic rings. The third-order valence-electron chi connectivity index (χ3n) is 5.37. The van der Waals surface area contributed by atoms with Crippen LogP contribution in [0.2, 0.25) is 0 Å². The second kappa shape index (κ2) is 7.62. The number of amides is 1. The van der Waals surface area contributed by atoms with Gasteiger partial charge in [0.25, 0.3) is 0 Å². The number of nitrogens with zero attached hydrogens (tertiary/aromatic N) is 4. The van der Waals surface area contributed by atoms with Crippen molar-refractivity contribution in [3.8, 4) is 0 Å². The van der Waals surface area contributed by atoms with Crippen molar-refractivity contribution in [2.45, 2.75) is 33.2 Å².